The maximum atomic E-state index is 11.6. The van der Waals surface area contributed by atoms with Gasteiger partial charge in [-0.2, -0.15) is 0 Å². The largest absolute Gasteiger partial charge is 0.506 e. The second kappa shape index (κ2) is 3.73. The molecule has 0 atom stereocenters. The monoisotopic (exact) mass is 226 g/mol. The molecule has 2 rings (SSSR count). The summed E-state index contributed by atoms with van der Waals surface area (Å²) in [6.45, 7) is 0. The van der Waals surface area contributed by atoms with Crippen LogP contribution in [0, 0.1) is 0 Å². The van der Waals surface area contributed by atoms with Gasteiger partial charge in [0, 0.05) is 17.1 Å². The number of carbonyl (C=O) groups is 2. The molecule has 0 radical (unpaired) electrons. The van der Waals surface area contributed by atoms with Gasteiger partial charge in [-0.05, 0) is 12.0 Å². The first-order valence-corrected chi connectivity index (χ1v) is 5.53. The number of esters is 1. The summed E-state index contributed by atoms with van der Waals surface area (Å²) in [7, 11) is 1.20. The van der Waals surface area contributed by atoms with Gasteiger partial charge in [0.05, 0.1) is 7.11 Å². The zero-order valence-electron chi connectivity index (χ0n) is 8.20. The Morgan fingerprint density at radius 2 is 2.27 bits per heavy atom. The Balaban J connectivity index is 2.46. The molecule has 0 unspecified atom stereocenters. The summed E-state index contributed by atoms with van der Waals surface area (Å²) in [5.74, 6) is -0.441. The number of allylic oxidation sites excluding steroid dienone is 1. The van der Waals surface area contributed by atoms with Crippen molar-refractivity contribution >= 4 is 23.5 Å². The maximum absolute atomic E-state index is 11.6. The van der Waals surface area contributed by atoms with Crippen LogP contribution in [-0.4, -0.2) is 29.7 Å². The fraction of sp³-hybridized carbons (Fsp3) is 0.400. The second-order valence-corrected chi connectivity index (χ2v) is 4.45. The quantitative estimate of drug-likeness (QED) is 0.540. The van der Waals surface area contributed by atoms with Crippen LogP contribution in [0.25, 0.3) is 0 Å². The number of carbonyl (C=O) groups excluding carboxylic acids is 2. The van der Waals surface area contributed by atoms with Gasteiger partial charge in [-0.1, -0.05) is 0 Å². The molecule has 4 nitrogen and oxygen atoms in total. The zero-order chi connectivity index (χ0) is 11.0. The van der Waals surface area contributed by atoms with Crippen LogP contribution in [0.2, 0.25) is 0 Å². The summed E-state index contributed by atoms with van der Waals surface area (Å²) < 4.78 is 4.47. The Hall–Kier alpha value is -1.23. The van der Waals surface area contributed by atoms with E-state index in [-0.39, 0.29) is 23.5 Å². The summed E-state index contributed by atoms with van der Waals surface area (Å²) in [6.07, 6.45) is 1.04. The van der Waals surface area contributed by atoms with E-state index in [0.29, 0.717) is 4.91 Å². The van der Waals surface area contributed by atoms with Crippen molar-refractivity contribution in [1.29, 1.82) is 0 Å². The molecule has 0 amide bonds. The SMILES string of the molecule is COC(=O)C1=C(O)C2=C(CCS2)CC1=O. The molecule has 0 saturated heterocycles. The number of ketones is 1. The van der Waals surface area contributed by atoms with Crippen LogP contribution >= 0.6 is 11.8 Å². The van der Waals surface area contributed by atoms with Gasteiger partial charge in [-0.3, -0.25) is 4.79 Å². The number of rotatable bonds is 1. The molecule has 5 heteroatoms. The molecule has 1 N–H and O–H groups in total. The van der Waals surface area contributed by atoms with Crippen molar-refractivity contribution in [2.75, 3.05) is 12.9 Å². The van der Waals surface area contributed by atoms with Crippen LogP contribution in [-0.2, 0) is 14.3 Å². The Kier molecular flexibility index (Phi) is 2.56. The highest BCUT2D eigenvalue weighted by atomic mass is 32.2. The number of ether oxygens (including phenoxy) is 1. The van der Waals surface area contributed by atoms with Crippen LogP contribution in [0.5, 0.6) is 0 Å². The van der Waals surface area contributed by atoms with Gasteiger partial charge in [0.15, 0.2) is 5.78 Å². The van der Waals surface area contributed by atoms with Gasteiger partial charge >= 0.3 is 5.97 Å². The van der Waals surface area contributed by atoms with E-state index in [1.807, 2.05) is 0 Å². The van der Waals surface area contributed by atoms with Crippen molar-refractivity contribution in [3.63, 3.8) is 0 Å². The molecule has 0 aromatic rings. The van der Waals surface area contributed by atoms with Gasteiger partial charge in [0.1, 0.15) is 11.3 Å². The number of methoxy groups -OCH3 is 1. The Labute approximate surface area is 91.0 Å². The van der Waals surface area contributed by atoms with Crippen LogP contribution in [0.15, 0.2) is 21.8 Å². The molecule has 0 fully saturated rings. The molecular weight excluding hydrogens is 216 g/mol. The lowest BCUT2D eigenvalue weighted by molar-refractivity contribution is -0.138. The van der Waals surface area contributed by atoms with Gasteiger partial charge in [0.25, 0.3) is 0 Å². The molecule has 1 aliphatic heterocycles. The highest BCUT2D eigenvalue weighted by Gasteiger charge is 2.34. The standard InChI is InChI=1S/C10H10O4S/c1-14-10(13)7-6(11)4-5-2-3-15-9(5)8(7)12/h12H,2-4H2,1H3. The van der Waals surface area contributed by atoms with Gasteiger partial charge in [-0.15, -0.1) is 11.8 Å². The smallest absolute Gasteiger partial charge is 0.345 e. The number of aliphatic hydroxyl groups is 1. The molecule has 0 saturated carbocycles. The minimum atomic E-state index is -0.753. The number of hydrogen-bond acceptors (Lipinski definition) is 5. The van der Waals surface area contributed by atoms with Crippen molar-refractivity contribution in [2.24, 2.45) is 0 Å². The van der Waals surface area contributed by atoms with Crippen LogP contribution in [0.4, 0.5) is 0 Å². The van der Waals surface area contributed by atoms with E-state index in [2.05, 4.69) is 4.74 Å². The van der Waals surface area contributed by atoms with E-state index < -0.39 is 5.97 Å². The summed E-state index contributed by atoms with van der Waals surface area (Å²) in [4.78, 5) is 23.6. The lowest BCUT2D eigenvalue weighted by Gasteiger charge is -2.15. The van der Waals surface area contributed by atoms with Crippen molar-refractivity contribution in [3.05, 3.63) is 21.8 Å². The first-order valence-electron chi connectivity index (χ1n) is 4.55. The summed E-state index contributed by atoms with van der Waals surface area (Å²) >= 11 is 1.48. The Morgan fingerprint density at radius 1 is 1.53 bits per heavy atom. The fourth-order valence-electron chi connectivity index (χ4n) is 1.74. The third-order valence-corrected chi connectivity index (χ3v) is 3.64. The second-order valence-electron chi connectivity index (χ2n) is 3.35. The topological polar surface area (TPSA) is 63.6 Å². The first kappa shape index (κ1) is 10.3. The number of Topliss-reactive ketones (excluding diaryl/α,β-unsaturated/α-hetero) is 1. The number of aliphatic hydroxyl groups excluding tert-OH is 1. The number of thioether (sulfide) groups is 1. The van der Waals surface area contributed by atoms with Crippen molar-refractivity contribution in [1.82, 2.24) is 0 Å². The summed E-state index contributed by atoms with van der Waals surface area (Å²) in [5, 5.41) is 9.79. The van der Waals surface area contributed by atoms with Crippen LogP contribution in [0.3, 0.4) is 0 Å². The Morgan fingerprint density at radius 3 is 2.93 bits per heavy atom. The maximum Gasteiger partial charge on any atom is 0.345 e. The van der Waals surface area contributed by atoms with Crippen molar-refractivity contribution < 1.29 is 19.4 Å². The van der Waals surface area contributed by atoms with E-state index >= 15 is 0 Å². The van der Waals surface area contributed by atoms with E-state index in [1.165, 1.54) is 18.9 Å². The third-order valence-electron chi connectivity index (χ3n) is 2.47. The predicted molar refractivity (Wildman–Crippen MR) is 55.4 cm³/mol. The van der Waals surface area contributed by atoms with E-state index in [9.17, 15) is 14.7 Å². The normalized spacial score (nSPS) is 20.7. The molecule has 1 heterocycles. The number of hydrogen-bond donors (Lipinski definition) is 1. The van der Waals surface area contributed by atoms with Crippen molar-refractivity contribution in [2.45, 2.75) is 12.8 Å². The highest BCUT2D eigenvalue weighted by Crippen LogP contribution is 2.41. The molecule has 1 aliphatic carbocycles. The van der Waals surface area contributed by atoms with Gasteiger partial charge in [0.2, 0.25) is 0 Å². The Bertz CT molecular complexity index is 406. The minimum Gasteiger partial charge on any atom is -0.506 e. The van der Waals surface area contributed by atoms with E-state index in [1.54, 1.807) is 0 Å². The summed E-state index contributed by atoms with van der Waals surface area (Å²) in [5.41, 5.74) is 0.737. The molecule has 0 aromatic heterocycles. The molecule has 15 heavy (non-hydrogen) atoms. The molecular formula is C10H10O4S. The third kappa shape index (κ3) is 1.56. The fourth-order valence-corrected chi connectivity index (χ4v) is 2.91. The van der Waals surface area contributed by atoms with Crippen LogP contribution < -0.4 is 0 Å². The minimum absolute atomic E-state index is 0.199. The lowest BCUT2D eigenvalue weighted by Crippen LogP contribution is -2.21. The first-order chi connectivity index (χ1) is 7.15. The van der Waals surface area contributed by atoms with Gasteiger partial charge < -0.3 is 9.84 Å². The van der Waals surface area contributed by atoms with Crippen molar-refractivity contribution in [3.8, 4) is 0 Å². The average Bonchev–Trinajstić information content (AvgIpc) is 2.65. The highest BCUT2D eigenvalue weighted by molar-refractivity contribution is 8.03. The average molecular weight is 226 g/mol. The lowest BCUT2D eigenvalue weighted by atomic mass is 9.94. The molecule has 2 aliphatic rings. The van der Waals surface area contributed by atoms with E-state index in [4.69, 9.17) is 0 Å². The molecule has 0 bridgehead atoms. The van der Waals surface area contributed by atoms with Gasteiger partial charge in [-0.25, -0.2) is 4.79 Å². The predicted octanol–water partition coefficient (Wildman–Crippen LogP) is 1.34. The molecule has 0 spiro atoms. The zero-order valence-corrected chi connectivity index (χ0v) is 9.02. The van der Waals surface area contributed by atoms with Crippen LogP contribution in [0.1, 0.15) is 12.8 Å². The molecule has 80 valence electrons. The molecule has 0 aromatic carbocycles. The van der Waals surface area contributed by atoms with E-state index in [0.717, 1.165) is 17.7 Å². The summed E-state index contributed by atoms with van der Waals surface area (Å²) in [6, 6.07) is 0.